The summed E-state index contributed by atoms with van der Waals surface area (Å²) in [5, 5.41) is 0. The monoisotopic (exact) mass is 345 g/mol. The van der Waals surface area contributed by atoms with Crippen LogP contribution in [0.15, 0.2) is 6.07 Å². The van der Waals surface area contributed by atoms with Crippen LogP contribution >= 0.6 is 0 Å². The summed E-state index contributed by atoms with van der Waals surface area (Å²) in [6.07, 6.45) is 2.54. The fraction of sp³-hybridized carbons (Fsp3) is 0.667. The highest BCUT2D eigenvalue weighted by atomic mass is 16.2. The fourth-order valence-electron chi connectivity index (χ4n) is 3.48. The predicted molar refractivity (Wildman–Crippen MR) is 96.9 cm³/mol. The number of nitrogens with zero attached hydrogens (tertiary/aromatic N) is 5. The maximum absolute atomic E-state index is 12.7. The van der Waals surface area contributed by atoms with Crippen molar-refractivity contribution in [2.75, 3.05) is 50.1 Å². The van der Waals surface area contributed by atoms with Crippen molar-refractivity contribution in [1.82, 2.24) is 14.9 Å². The number of rotatable bonds is 3. The van der Waals surface area contributed by atoms with Crippen LogP contribution in [0.4, 0.5) is 11.8 Å². The van der Waals surface area contributed by atoms with E-state index in [0.29, 0.717) is 44.6 Å². The van der Waals surface area contributed by atoms with Gasteiger partial charge in [-0.1, -0.05) is 0 Å². The van der Waals surface area contributed by atoms with Crippen LogP contribution in [-0.4, -0.2) is 66.8 Å². The van der Waals surface area contributed by atoms with Crippen molar-refractivity contribution >= 4 is 23.5 Å². The highest BCUT2D eigenvalue weighted by Gasteiger charge is 2.30. The molecule has 136 valence electrons. The lowest BCUT2D eigenvalue weighted by atomic mass is 9.87. The van der Waals surface area contributed by atoms with Crippen LogP contribution in [0.3, 0.4) is 0 Å². The molecule has 1 saturated heterocycles. The molecule has 7 heteroatoms. The molecule has 1 aromatic rings. The Morgan fingerprint density at radius 1 is 1.12 bits per heavy atom. The first-order valence-corrected chi connectivity index (χ1v) is 9.02. The van der Waals surface area contributed by atoms with Gasteiger partial charge in [0.15, 0.2) is 0 Å². The molecule has 1 aromatic heterocycles. The number of ketones is 1. The molecule has 0 atom stereocenters. The van der Waals surface area contributed by atoms with Gasteiger partial charge in [-0.15, -0.1) is 0 Å². The quantitative estimate of drug-likeness (QED) is 0.821. The molecule has 0 bridgehead atoms. The summed E-state index contributed by atoms with van der Waals surface area (Å²) in [5.74, 6) is 2.17. The van der Waals surface area contributed by atoms with Gasteiger partial charge < -0.3 is 14.7 Å². The van der Waals surface area contributed by atoms with Gasteiger partial charge in [0.2, 0.25) is 11.9 Å². The smallest absolute Gasteiger partial charge is 0.227 e. The molecule has 1 aliphatic carbocycles. The number of anilines is 2. The van der Waals surface area contributed by atoms with Crippen LogP contribution in [0.1, 0.15) is 31.4 Å². The van der Waals surface area contributed by atoms with E-state index in [4.69, 9.17) is 0 Å². The largest absolute Gasteiger partial charge is 0.363 e. The molecule has 3 rings (SSSR count). The minimum absolute atomic E-state index is 0.0276. The van der Waals surface area contributed by atoms with Gasteiger partial charge in [0.25, 0.3) is 0 Å². The van der Waals surface area contributed by atoms with Crippen molar-refractivity contribution < 1.29 is 9.59 Å². The van der Waals surface area contributed by atoms with E-state index in [1.54, 1.807) is 0 Å². The zero-order chi connectivity index (χ0) is 18.0. The Kier molecular flexibility index (Phi) is 5.20. The molecule has 0 unspecified atom stereocenters. The minimum atomic E-state index is 0.0276. The molecule has 0 radical (unpaired) electrons. The molecule has 0 N–H and O–H groups in total. The Labute approximate surface area is 149 Å². The first-order chi connectivity index (χ1) is 11.9. The number of carbonyl (C=O) groups excluding carboxylic acids is 2. The Hall–Kier alpha value is -2.18. The molecule has 1 aliphatic heterocycles. The Balaban J connectivity index is 1.60. The lowest BCUT2D eigenvalue weighted by Gasteiger charge is -2.37. The second-order valence-corrected chi connectivity index (χ2v) is 7.19. The van der Waals surface area contributed by atoms with E-state index >= 15 is 0 Å². The molecule has 2 fully saturated rings. The van der Waals surface area contributed by atoms with E-state index in [0.717, 1.165) is 30.5 Å². The van der Waals surface area contributed by atoms with E-state index in [1.807, 2.05) is 36.9 Å². The normalized spacial score (nSPS) is 19.2. The first-order valence-electron chi connectivity index (χ1n) is 9.02. The average Bonchev–Trinajstić information content (AvgIpc) is 2.61. The topological polar surface area (TPSA) is 69.6 Å². The maximum Gasteiger partial charge on any atom is 0.227 e. The summed E-state index contributed by atoms with van der Waals surface area (Å²) in [5.41, 5.74) is 0.944. The summed E-state index contributed by atoms with van der Waals surface area (Å²) in [7, 11) is 3.94. The van der Waals surface area contributed by atoms with Gasteiger partial charge in [0.05, 0.1) is 0 Å². The predicted octanol–water partition coefficient (Wildman–Crippen LogP) is 1.26. The van der Waals surface area contributed by atoms with E-state index in [-0.39, 0.29) is 11.8 Å². The summed E-state index contributed by atoms with van der Waals surface area (Å²) in [4.78, 5) is 39.3. The van der Waals surface area contributed by atoms with Gasteiger partial charge in [-0.2, -0.15) is 4.98 Å². The van der Waals surface area contributed by atoms with Gasteiger partial charge in [-0.25, -0.2) is 4.98 Å². The molecular formula is C18H27N5O2. The Morgan fingerprint density at radius 2 is 1.76 bits per heavy atom. The molecular weight excluding hydrogens is 318 g/mol. The molecule has 2 heterocycles. The molecule has 7 nitrogen and oxygen atoms in total. The third-order valence-electron chi connectivity index (χ3n) is 5.05. The van der Waals surface area contributed by atoms with Gasteiger partial charge >= 0.3 is 0 Å². The molecule has 0 spiro atoms. The third-order valence-corrected chi connectivity index (χ3v) is 5.05. The summed E-state index contributed by atoms with van der Waals surface area (Å²) in [6, 6.07) is 1.97. The van der Waals surface area contributed by atoms with E-state index in [9.17, 15) is 9.59 Å². The number of carbonyl (C=O) groups is 2. The highest BCUT2D eigenvalue weighted by Crippen LogP contribution is 2.24. The Morgan fingerprint density at radius 3 is 2.36 bits per heavy atom. The zero-order valence-electron chi connectivity index (χ0n) is 15.4. The highest BCUT2D eigenvalue weighted by molar-refractivity contribution is 5.84. The van der Waals surface area contributed by atoms with Crippen LogP contribution in [0.25, 0.3) is 0 Å². The maximum atomic E-state index is 12.7. The van der Waals surface area contributed by atoms with Crippen molar-refractivity contribution in [3.8, 4) is 0 Å². The zero-order valence-corrected chi connectivity index (χ0v) is 15.4. The molecule has 25 heavy (non-hydrogen) atoms. The SMILES string of the molecule is Cc1cc(N(C)C)nc(N2CCN(C(=O)C3CCC(=O)CC3)CC2)n1. The lowest BCUT2D eigenvalue weighted by Crippen LogP contribution is -2.51. The molecule has 2 aliphatic rings. The second-order valence-electron chi connectivity index (χ2n) is 7.19. The van der Waals surface area contributed by atoms with Crippen LogP contribution in [-0.2, 0) is 9.59 Å². The van der Waals surface area contributed by atoms with Gasteiger partial charge in [-0.05, 0) is 19.8 Å². The van der Waals surface area contributed by atoms with Crippen molar-refractivity contribution in [3.63, 3.8) is 0 Å². The standard InChI is InChI=1S/C18H27N5O2/c1-13-12-16(21(2)3)20-18(19-13)23-10-8-22(9-11-23)17(25)14-4-6-15(24)7-5-14/h12,14H,4-11H2,1-3H3. The van der Waals surface area contributed by atoms with Gasteiger partial charge in [0.1, 0.15) is 11.6 Å². The lowest BCUT2D eigenvalue weighted by molar-refractivity contribution is -0.137. The van der Waals surface area contributed by atoms with Crippen LogP contribution in [0.2, 0.25) is 0 Å². The van der Waals surface area contributed by atoms with E-state index in [2.05, 4.69) is 14.9 Å². The minimum Gasteiger partial charge on any atom is -0.363 e. The molecule has 0 aromatic carbocycles. The third kappa shape index (κ3) is 4.08. The fourth-order valence-corrected chi connectivity index (χ4v) is 3.48. The summed E-state index contributed by atoms with van der Waals surface area (Å²) >= 11 is 0. The van der Waals surface area contributed by atoms with Crippen molar-refractivity contribution in [1.29, 1.82) is 0 Å². The van der Waals surface area contributed by atoms with E-state index in [1.165, 1.54) is 0 Å². The van der Waals surface area contributed by atoms with Gasteiger partial charge in [0, 0.05) is 70.8 Å². The Bertz CT molecular complexity index is 643. The number of hydrogen-bond donors (Lipinski definition) is 0. The van der Waals surface area contributed by atoms with Crippen molar-refractivity contribution in [2.24, 2.45) is 5.92 Å². The second kappa shape index (κ2) is 7.37. The average molecular weight is 345 g/mol. The van der Waals surface area contributed by atoms with Crippen molar-refractivity contribution in [2.45, 2.75) is 32.6 Å². The number of amides is 1. The molecule has 1 saturated carbocycles. The van der Waals surface area contributed by atoms with Gasteiger partial charge in [-0.3, -0.25) is 9.59 Å². The van der Waals surface area contributed by atoms with Crippen LogP contribution in [0.5, 0.6) is 0 Å². The van der Waals surface area contributed by atoms with Crippen molar-refractivity contribution in [3.05, 3.63) is 11.8 Å². The first kappa shape index (κ1) is 17.6. The van der Waals surface area contributed by atoms with E-state index < -0.39 is 0 Å². The van der Waals surface area contributed by atoms with Crippen LogP contribution < -0.4 is 9.80 Å². The number of Topliss-reactive ketones (excluding diaryl/α,β-unsaturated/α-hetero) is 1. The number of piperazine rings is 1. The number of aromatic nitrogens is 2. The number of hydrogen-bond acceptors (Lipinski definition) is 6. The molecule has 1 amide bonds. The summed E-state index contributed by atoms with van der Waals surface area (Å²) in [6.45, 7) is 4.85. The number of aryl methyl sites for hydroxylation is 1. The van der Waals surface area contributed by atoms with Crippen LogP contribution in [0, 0.1) is 12.8 Å². The summed E-state index contributed by atoms with van der Waals surface area (Å²) < 4.78 is 0.